The first-order valence-electron chi connectivity index (χ1n) is 7.12. The number of rotatable bonds is 5. The van der Waals surface area contributed by atoms with Crippen molar-refractivity contribution in [2.45, 2.75) is 33.2 Å². The summed E-state index contributed by atoms with van der Waals surface area (Å²) in [6.07, 6.45) is 0.435. The van der Waals surface area contributed by atoms with Crippen LogP contribution < -0.4 is 10.6 Å². The lowest BCUT2D eigenvalue weighted by atomic mass is 10.1. The quantitative estimate of drug-likeness (QED) is 0.888. The van der Waals surface area contributed by atoms with E-state index in [1.807, 2.05) is 36.6 Å². The summed E-state index contributed by atoms with van der Waals surface area (Å²) in [7, 11) is 0. The molecule has 6 heteroatoms. The number of anilines is 1. The van der Waals surface area contributed by atoms with Crippen LogP contribution in [0.15, 0.2) is 29.6 Å². The van der Waals surface area contributed by atoms with Gasteiger partial charge in [-0.25, -0.2) is 4.98 Å². The Morgan fingerprint density at radius 2 is 1.95 bits per heavy atom. The number of nitrogens with one attached hydrogen (secondary N) is 2. The molecular weight excluding hydrogens is 298 g/mol. The fourth-order valence-electron chi connectivity index (χ4n) is 2.00. The first kappa shape index (κ1) is 16.2. The number of hydrogen-bond acceptors (Lipinski definition) is 4. The number of aromatic nitrogens is 1. The van der Waals surface area contributed by atoms with E-state index in [0.717, 1.165) is 16.8 Å². The predicted octanol–water partition coefficient (Wildman–Crippen LogP) is 3.36. The summed E-state index contributed by atoms with van der Waals surface area (Å²) in [4.78, 5) is 26.8. The molecule has 1 unspecified atom stereocenters. The van der Waals surface area contributed by atoms with Crippen LogP contribution in [-0.2, 0) is 9.59 Å². The molecular formula is C16H19N3O2S. The number of nitrogens with zero attached hydrogens (tertiary/aromatic N) is 1. The summed E-state index contributed by atoms with van der Waals surface area (Å²) in [5.74, 6) is -0.0900. The van der Waals surface area contributed by atoms with Crippen molar-refractivity contribution < 1.29 is 9.59 Å². The normalized spacial score (nSPS) is 11.8. The lowest BCUT2D eigenvalue weighted by molar-refractivity contribution is -0.119. The maximum atomic E-state index is 11.4. The molecule has 0 aliphatic heterocycles. The summed E-state index contributed by atoms with van der Waals surface area (Å²) in [6.45, 7) is 5.25. The lowest BCUT2D eigenvalue weighted by Crippen LogP contribution is -2.23. The van der Waals surface area contributed by atoms with Gasteiger partial charge in [0, 0.05) is 24.3 Å². The van der Waals surface area contributed by atoms with Crippen LogP contribution in [0.3, 0.4) is 0 Å². The molecule has 1 heterocycles. The minimum Gasteiger partial charge on any atom is -0.350 e. The van der Waals surface area contributed by atoms with Crippen LogP contribution in [0.1, 0.15) is 38.8 Å². The third kappa shape index (κ3) is 4.14. The molecule has 5 nitrogen and oxygen atoms in total. The van der Waals surface area contributed by atoms with Gasteiger partial charge >= 0.3 is 0 Å². The van der Waals surface area contributed by atoms with Crippen molar-refractivity contribution in [2.24, 2.45) is 0 Å². The molecule has 1 aromatic carbocycles. The maximum Gasteiger partial charge on any atom is 0.225 e. The lowest BCUT2D eigenvalue weighted by Gasteiger charge is -2.12. The van der Waals surface area contributed by atoms with E-state index in [9.17, 15) is 9.59 Å². The van der Waals surface area contributed by atoms with Crippen molar-refractivity contribution in [3.63, 3.8) is 0 Å². The molecule has 0 aliphatic rings. The second-order valence-electron chi connectivity index (χ2n) is 4.98. The van der Waals surface area contributed by atoms with Crippen LogP contribution in [0.2, 0.25) is 0 Å². The predicted molar refractivity (Wildman–Crippen MR) is 88.7 cm³/mol. The molecule has 0 bridgehead atoms. The minimum atomic E-state index is -0.0487. The Morgan fingerprint density at radius 3 is 2.55 bits per heavy atom. The summed E-state index contributed by atoms with van der Waals surface area (Å²) in [6, 6.07) is 7.85. The Balaban J connectivity index is 2.10. The zero-order valence-corrected chi connectivity index (χ0v) is 13.7. The van der Waals surface area contributed by atoms with Gasteiger partial charge in [0.15, 0.2) is 5.13 Å². The molecule has 1 aromatic heterocycles. The van der Waals surface area contributed by atoms with Crippen LogP contribution in [0.5, 0.6) is 0 Å². The molecule has 2 rings (SSSR count). The highest BCUT2D eigenvalue weighted by Gasteiger charge is 2.09. The smallest absolute Gasteiger partial charge is 0.225 e. The van der Waals surface area contributed by atoms with Crippen molar-refractivity contribution in [1.82, 2.24) is 10.3 Å². The molecule has 0 aliphatic carbocycles. The van der Waals surface area contributed by atoms with Gasteiger partial charge in [-0.05, 0) is 12.5 Å². The Morgan fingerprint density at radius 1 is 1.27 bits per heavy atom. The summed E-state index contributed by atoms with van der Waals surface area (Å²) in [5, 5.41) is 8.13. The minimum absolute atomic E-state index is 0.0265. The molecule has 1 atom stereocenters. The molecule has 0 spiro atoms. The second kappa shape index (κ2) is 7.17. The molecule has 0 fully saturated rings. The van der Waals surface area contributed by atoms with Crippen LogP contribution in [0.4, 0.5) is 5.13 Å². The van der Waals surface area contributed by atoms with Crippen molar-refractivity contribution >= 4 is 28.3 Å². The van der Waals surface area contributed by atoms with Crippen LogP contribution in [0.25, 0.3) is 11.3 Å². The first-order chi connectivity index (χ1) is 10.5. The molecule has 0 radical (unpaired) electrons. The fraction of sp³-hybridized carbons (Fsp3) is 0.312. The Kier molecular flexibility index (Phi) is 5.27. The van der Waals surface area contributed by atoms with Crippen LogP contribution in [0, 0.1) is 0 Å². The van der Waals surface area contributed by atoms with E-state index < -0.39 is 0 Å². The van der Waals surface area contributed by atoms with Crippen molar-refractivity contribution in [3.8, 4) is 11.3 Å². The number of benzene rings is 1. The maximum absolute atomic E-state index is 11.4. The monoisotopic (exact) mass is 317 g/mol. The van der Waals surface area contributed by atoms with Crippen LogP contribution in [-0.4, -0.2) is 16.8 Å². The zero-order chi connectivity index (χ0) is 16.1. The van der Waals surface area contributed by atoms with E-state index in [1.54, 1.807) is 6.92 Å². The molecule has 0 saturated heterocycles. The van der Waals surface area contributed by atoms with Gasteiger partial charge in [-0.2, -0.15) is 0 Å². The van der Waals surface area contributed by atoms with E-state index in [4.69, 9.17) is 0 Å². The van der Waals surface area contributed by atoms with Gasteiger partial charge in [0.2, 0.25) is 11.8 Å². The molecule has 0 saturated carbocycles. The summed E-state index contributed by atoms with van der Waals surface area (Å²) in [5.41, 5.74) is 2.84. The molecule has 2 amide bonds. The standard InChI is InChI=1S/C16H19N3O2S/c1-4-15(21)19-16-18-14(9-22-16)13-7-5-12(6-8-13)10(2)17-11(3)20/h5-10H,4H2,1-3H3,(H,17,20)(H,18,19,21). The molecule has 2 aromatic rings. The van der Waals surface area contributed by atoms with E-state index in [1.165, 1.54) is 18.3 Å². The van der Waals surface area contributed by atoms with Crippen molar-refractivity contribution in [1.29, 1.82) is 0 Å². The van der Waals surface area contributed by atoms with Crippen molar-refractivity contribution in [3.05, 3.63) is 35.2 Å². The van der Waals surface area contributed by atoms with E-state index in [0.29, 0.717) is 11.6 Å². The number of thiazole rings is 1. The van der Waals surface area contributed by atoms with Gasteiger partial charge in [-0.3, -0.25) is 9.59 Å². The Hall–Kier alpha value is -2.21. The van der Waals surface area contributed by atoms with Crippen molar-refractivity contribution in [2.75, 3.05) is 5.32 Å². The molecule has 116 valence electrons. The van der Waals surface area contributed by atoms with Gasteiger partial charge in [0.05, 0.1) is 11.7 Å². The summed E-state index contributed by atoms with van der Waals surface area (Å²) >= 11 is 1.41. The highest BCUT2D eigenvalue weighted by atomic mass is 32.1. The van der Waals surface area contributed by atoms with Gasteiger partial charge in [0.25, 0.3) is 0 Å². The van der Waals surface area contributed by atoms with E-state index in [2.05, 4.69) is 15.6 Å². The highest BCUT2D eigenvalue weighted by Crippen LogP contribution is 2.26. The van der Waals surface area contributed by atoms with Gasteiger partial charge in [-0.15, -0.1) is 11.3 Å². The number of amides is 2. The topological polar surface area (TPSA) is 71.1 Å². The average Bonchev–Trinajstić information content (AvgIpc) is 2.95. The third-order valence-corrected chi connectivity index (χ3v) is 3.96. The highest BCUT2D eigenvalue weighted by molar-refractivity contribution is 7.14. The fourth-order valence-corrected chi connectivity index (χ4v) is 2.74. The molecule has 22 heavy (non-hydrogen) atoms. The Labute approximate surface area is 133 Å². The number of hydrogen-bond donors (Lipinski definition) is 2. The van der Waals surface area contributed by atoms with E-state index >= 15 is 0 Å². The van der Waals surface area contributed by atoms with Gasteiger partial charge in [0.1, 0.15) is 0 Å². The van der Waals surface area contributed by atoms with E-state index in [-0.39, 0.29) is 17.9 Å². The largest absolute Gasteiger partial charge is 0.350 e. The average molecular weight is 317 g/mol. The van der Waals surface area contributed by atoms with Gasteiger partial charge in [-0.1, -0.05) is 31.2 Å². The Bertz CT molecular complexity index is 664. The second-order valence-corrected chi connectivity index (χ2v) is 5.84. The SMILES string of the molecule is CCC(=O)Nc1nc(-c2ccc(C(C)NC(C)=O)cc2)cs1. The number of carbonyl (C=O) groups is 2. The van der Waals surface area contributed by atoms with Crippen LogP contribution >= 0.6 is 11.3 Å². The molecule has 2 N–H and O–H groups in total. The summed E-state index contributed by atoms with van der Waals surface area (Å²) < 4.78 is 0. The third-order valence-electron chi connectivity index (χ3n) is 3.20. The number of carbonyl (C=O) groups excluding carboxylic acids is 2. The zero-order valence-electron chi connectivity index (χ0n) is 12.8. The van der Waals surface area contributed by atoms with Gasteiger partial charge < -0.3 is 10.6 Å². The first-order valence-corrected chi connectivity index (χ1v) is 8.00.